The Bertz CT molecular complexity index is 592. The largest absolute Gasteiger partial charge is 0.391 e. The number of anilines is 1. The number of aryl methyl sites for hydroxylation is 1. The number of hydrogen-bond donors (Lipinski definition) is 2. The third-order valence-corrected chi connectivity index (χ3v) is 3.97. The first kappa shape index (κ1) is 12.4. The summed E-state index contributed by atoms with van der Waals surface area (Å²) < 4.78 is 1.92. The maximum Gasteiger partial charge on any atom is 0.202 e. The van der Waals surface area contributed by atoms with Crippen molar-refractivity contribution in [3.8, 4) is 0 Å². The van der Waals surface area contributed by atoms with Crippen LogP contribution >= 0.6 is 0 Å². The lowest BCUT2D eigenvalue weighted by Crippen LogP contribution is -2.24. The highest BCUT2D eigenvalue weighted by Gasteiger charge is 2.27. The molecular weight excluding hydrogens is 240 g/mol. The summed E-state index contributed by atoms with van der Waals surface area (Å²) in [5, 5.41) is 10.3. The lowest BCUT2D eigenvalue weighted by atomic mass is 10.1. The molecule has 19 heavy (non-hydrogen) atoms. The van der Waals surface area contributed by atoms with E-state index in [1.807, 2.05) is 23.8 Å². The van der Waals surface area contributed by atoms with Gasteiger partial charge in [-0.25, -0.2) is 9.97 Å². The third kappa shape index (κ3) is 2.18. The zero-order valence-electron chi connectivity index (χ0n) is 11.2. The zero-order chi connectivity index (χ0) is 13.4. The summed E-state index contributed by atoms with van der Waals surface area (Å²) in [6.45, 7) is 1.99. The van der Waals surface area contributed by atoms with Gasteiger partial charge in [-0.15, -0.1) is 0 Å². The quantitative estimate of drug-likeness (QED) is 0.770. The normalized spacial score (nSPS) is 24.5. The first-order chi connectivity index (χ1) is 9.16. The Hall–Kier alpha value is -1.62. The monoisotopic (exact) mass is 260 g/mol. The minimum atomic E-state index is -0.356. The highest BCUT2D eigenvalue weighted by atomic mass is 16.3. The molecule has 5 heteroatoms. The number of aliphatic hydroxyl groups is 1. The molecule has 0 saturated heterocycles. The van der Waals surface area contributed by atoms with Crippen molar-refractivity contribution in [1.29, 1.82) is 0 Å². The van der Waals surface area contributed by atoms with E-state index >= 15 is 0 Å². The zero-order valence-corrected chi connectivity index (χ0v) is 11.2. The molecule has 102 valence electrons. The lowest BCUT2D eigenvalue weighted by Gasteiger charge is -2.23. The van der Waals surface area contributed by atoms with Crippen LogP contribution in [-0.4, -0.2) is 25.7 Å². The van der Waals surface area contributed by atoms with Gasteiger partial charge in [0.2, 0.25) is 5.95 Å². The van der Waals surface area contributed by atoms with E-state index in [1.165, 1.54) is 6.42 Å². The molecule has 5 nitrogen and oxygen atoms in total. The topological polar surface area (TPSA) is 77.0 Å². The lowest BCUT2D eigenvalue weighted by molar-refractivity contribution is 0.108. The number of nitrogen functional groups attached to an aromatic ring is 1. The van der Waals surface area contributed by atoms with Crippen molar-refractivity contribution < 1.29 is 5.11 Å². The standard InChI is InChI=1S/C14H20N4O/c1-9-7-10-13(16-8-9)18(14(15)17-10)11-5-3-2-4-6-12(11)19/h7-8,11-12,19H,2-6H2,1H3,(H2,15,17). The van der Waals surface area contributed by atoms with Gasteiger partial charge in [0.05, 0.1) is 12.1 Å². The Labute approximate surface area is 112 Å². The van der Waals surface area contributed by atoms with E-state index in [0.29, 0.717) is 5.95 Å². The van der Waals surface area contributed by atoms with Gasteiger partial charge in [-0.05, 0) is 31.4 Å². The van der Waals surface area contributed by atoms with Crippen molar-refractivity contribution in [1.82, 2.24) is 14.5 Å². The predicted octanol–water partition coefficient (Wildman–Crippen LogP) is 2.19. The van der Waals surface area contributed by atoms with E-state index < -0.39 is 0 Å². The molecule has 2 aromatic heterocycles. The Morgan fingerprint density at radius 3 is 2.95 bits per heavy atom. The van der Waals surface area contributed by atoms with Crippen molar-refractivity contribution in [2.75, 3.05) is 5.73 Å². The fourth-order valence-corrected chi connectivity index (χ4v) is 3.00. The highest BCUT2D eigenvalue weighted by molar-refractivity contribution is 5.74. The van der Waals surface area contributed by atoms with Gasteiger partial charge in [-0.2, -0.15) is 0 Å². The van der Waals surface area contributed by atoms with Gasteiger partial charge in [0.15, 0.2) is 5.65 Å². The molecule has 3 N–H and O–H groups in total. The average molecular weight is 260 g/mol. The summed E-state index contributed by atoms with van der Waals surface area (Å²) in [6, 6.07) is 1.99. The number of rotatable bonds is 1. The molecule has 1 aliphatic rings. The number of nitrogens with zero attached hydrogens (tertiary/aromatic N) is 3. The van der Waals surface area contributed by atoms with Gasteiger partial charge in [0, 0.05) is 6.20 Å². The van der Waals surface area contributed by atoms with Crippen LogP contribution in [0, 0.1) is 6.92 Å². The van der Waals surface area contributed by atoms with Gasteiger partial charge in [-0.1, -0.05) is 19.3 Å². The summed E-state index contributed by atoms with van der Waals surface area (Å²) >= 11 is 0. The van der Waals surface area contributed by atoms with Gasteiger partial charge in [0.25, 0.3) is 0 Å². The second-order valence-electron chi connectivity index (χ2n) is 5.47. The summed E-state index contributed by atoms with van der Waals surface area (Å²) in [6.07, 6.45) is 6.60. The van der Waals surface area contributed by atoms with Gasteiger partial charge in [-0.3, -0.25) is 4.57 Å². The molecular formula is C14H20N4O. The van der Waals surface area contributed by atoms with Gasteiger partial charge in [0.1, 0.15) is 5.52 Å². The van der Waals surface area contributed by atoms with Gasteiger partial charge < -0.3 is 10.8 Å². The van der Waals surface area contributed by atoms with Crippen LogP contribution in [0.2, 0.25) is 0 Å². The number of aliphatic hydroxyl groups excluding tert-OH is 1. The first-order valence-corrected chi connectivity index (χ1v) is 6.95. The molecule has 1 saturated carbocycles. The fraction of sp³-hybridized carbons (Fsp3) is 0.571. The summed E-state index contributed by atoms with van der Waals surface area (Å²) in [5.74, 6) is 0.457. The van der Waals surface area contributed by atoms with E-state index in [9.17, 15) is 5.11 Å². The second-order valence-corrected chi connectivity index (χ2v) is 5.47. The van der Waals surface area contributed by atoms with Crippen LogP contribution in [0.3, 0.4) is 0 Å². The van der Waals surface area contributed by atoms with Crippen molar-refractivity contribution >= 4 is 17.1 Å². The molecule has 2 aromatic rings. The molecule has 0 aliphatic heterocycles. The molecule has 0 radical (unpaired) electrons. The SMILES string of the molecule is Cc1cnc2c(c1)nc(N)n2C1CCCCCC1O. The van der Waals surface area contributed by atoms with Crippen LogP contribution in [-0.2, 0) is 0 Å². The molecule has 2 unspecified atom stereocenters. The molecule has 2 heterocycles. The number of fused-ring (bicyclic) bond motifs is 1. The molecule has 0 aromatic carbocycles. The highest BCUT2D eigenvalue weighted by Crippen LogP contribution is 2.32. The number of hydrogen-bond acceptors (Lipinski definition) is 4. The number of aromatic nitrogens is 3. The summed E-state index contributed by atoms with van der Waals surface area (Å²) in [7, 11) is 0. The van der Waals surface area contributed by atoms with Crippen LogP contribution in [0.5, 0.6) is 0 Å². The Kier molecular flexibility index (Phi) is 3.14. The smallest absolute Gasteiger partial charge is 0.202 e. The van der Waals surface area contributed by atoms with Gasteiger partial charge >= 0.3 is 0 Å². The van der Waals surface area contributed by atoms with Crippen LogP contribution in [0.15, 0.2) is 12.3 Å². The maximum absolute atomic E-state index is 10.3. The van der Waals surface area contributed by atoms with E-state index in [4.69, 9.17) is 5.73 Å². The number of nitrogens with two attached hydrogens (primary N) is 1. The first-order valence-electron chi connectivity index (χ1n) is 6.95. The van der Waals surface area contributed by atoms with Crippen LogP contribution in [0.25, 0.3) is 11.2 Å². The van der Waals surface area contributed by atoms with E-state index in [0.717, 1.165) is 42.4 Å². The van der Waals surface area contributed by atoms with Crippen LogP contribution in [0.1, 0.15) is 43.7 Å². The minimum Gasteiger partial charge on any atom is -0.391 e. The molecule has 1 fully saturated rings. The Balaban J connectivity index is 2.10. The predicted molar refractivity (Wildman–Crippen MR) is 74.8 cm³/mol. The minimum absolute atomic E-state index is 0.00251. The summed E-state index contributed by atoms with van der Waals surface area (Å²) in [4.78, 5) is 8.83. The van der Waals surface area contributed by atoms with E-state index in [2.05, 4.69) is 9.97 Å². The van der Waals surface area contributed by atoms with Crippen molar-refractivity contribution in [2.24, 2.45) is 0 Å². The number of pyridine rings is 1. The Morgan fingerprint density at radius 1 is 1.32 bits per heavy atom. The third-order valence-electron chi connectivity index (χ3n) is 3.97. The molecule has 1 aliphatic carbocycles. The van der Waals surface area contributed by atoms with E-state index in [1.54, 1.807) is 0 Å². The molecule has 0 spiro atoms. The molecule has 0 amide bonds. The Morgan fingerprint density at radius 2 is 2.11 bits per heavy atom. The maximum atomic E-state index is 10.3. The van der Waals surface area contributed by atoms with Crippen LogP contribution < -0.4 is 5.73 Å². The molecule has 0 bridgehead atoms. The average Bonchev–Trinajstić information content (AvgIpc) is 2.54. The number of imidazole rings is 1. The fourth-order valence-electron chi connectivity index (χ4n) is 3.00. The van der Waals surface area contributed by atoms with Crippen molar-refractivity contribution in [3.63, 3.8) is 0 Å². The molecule has 2 atom stereocenters. The van der Waals surface area contributed by atoms with Crippen molar-refractivity contribution in [3.05, 3.63) is 17.8 Å². The van der Waals surface area contributed by atoms with Crippen molar-refractivity contribution in [2.45, 2.75) is 51.2 Å². The summed E-state index contributed by atoms with van der Waals surface area (Å²) in [5.41, 5.74) is 8.72. The van der Waals surface area contributed by atoms with Crippen LogP contribution in [0.4, 0.5) is 5.95 Å². The second kappa shape index (κ2) is 4.81. The molecule has 3 rings (SSSR count). The van der Waals surface area contributed by atoms with E-state index in [-0.39, 0.29) is 12.1 Å².